The van der Waals surface area contributed by atoms with Crippen LogP contribution in [-0.4, -0.2) is 10.1 Å². The molecule has 3 nitrogen and oxygen atoms in total. The fraction of sp³-hybridized carbons (Fsp3) is 0.100. The van der Waals surface area contributed by atoms with Crippen molar-refractivity contribution in [2.45, 2.75) is 6.54 Å². The Morgan fingerprint density at radius 3 is 2.87 bits per heavy atom. The van der Waals surface area contributed by atoms with Crippen molar-refractivity contribution in [1.82, 2.24) is 4.98 Å². The third kappa shape index (κ3) is 2.61. The fourth-order valence-corrected chi connectivity index (χ4v) is 2.00. The van der Waals surface area contributed by atoms with Crippen LogP contribution >= 0.6 is 22.9 Å². The van der Waals surface area contributed by atoms with Crippen LogP contribution in [0.2, 0.25) is 5.15 Å². The van der Waals surface area contributed by atoms with E-state index in [-0.39, 0.29) is 5.75 Å². The lowest BCUT2D eigenvalue weighted by atomic mass is 10.2. The van der Waals surface area contributed by atoms with Gasteiger partial charge in [0.05, 0.1) is 0 Å². The predicted molar refractivity (Wildman–Crippen MR) is 62.6 cm³/mol. The molecular formula is C10H9ClN2OS. The molecule has 0 spiro atoms. The lowest BCUT2D eigenvalue weighted by molar-refractivity contribution is 0.469. The molecule has 0 fully saturated rings. The van der Waals surface area contributed by atoms with Crippen molar-refractivity contribution in [3.8, 4) is 5.75 Å². The number of para-hydroxylation sites is 1. The molecule has 0 bridgehead atoms. The van der Waals surface area contributed by atoms with Crippen molar-refractivity contribution in [3.05, 3.63) is 40.4 Å². The molecule has 0 saturated heterocycles. The quantitative estimate of drug-likeness (QED) is 0.867. The van der Waals surface area contributed by atoms with Crippen LogP contribution in [-0.2, 0) is 6.54 Å². The zero-order valence-corrected chi connectivity index (χ0v) is 9.35. The molecule has 1 aromatic heterocycles. The third-order valence-electron chi connectivity index (χ3n) is 1.90. The second kappa shape index (κ2) is 4.51. The molecule has 0 radical (unpaired) electrons. The van der Waals surface area contributed by atoms with Crippen LogP contribution in [0.25, 0.3) is 0 Å². The number of nitrogens with zero attached hydrogens (tertiary/aromatic N) is 1. The van der Waals surface area contributed by atoms with Crippen molar-refractivity contribution < 1.29 is 5.11 Å². The van der Waals surface area contributed by atoms with E-state index in [2.05, 4.69) is 10.3 Å². The molecule has 1 aromatic carbocycles. The highest BCUT2D eigenvalue weighted by Crippen LogP contribution is 2.21. The largest absolute Gasteiger partial charge is 0.508 e. The Kier molecular flexibility index (Phi) is 3.08. The van der Waals surface area contributed by atoms with E-state index in [1.165, 1.54) is 11.3 Å². The molecule has 0 aliphatic heterocycles. The summed E-state index contributed by atoms with van der Waals surface area (Å²) in [6.07, 6.45) is 0. The number of rotatable bonds is 3. The molecule has 0 saturated carbocycles. The Morgan fingerprint density at radius 2 is 2.20 bits per heavy atom. The summed E-state index contributed by atoms with van der Waals surface area (Å²) in [5, 5.41) is 15.6. The zero-order chi connectivity index (χ0) is 10.7. The summed E-state index contributed by atoms with van der Waals surface area (Å²) >= 11 is 7.12. The van der Waals surface area contributed by atoms with E-state index in [1.807, 2.05) is 12.1 Å². The topological polar surface area (TPSA) is 45.1 Å². The Bertz CT molecular complexity index is 458. The number of anilines is 1. The smallest absolute Gasteiger partial charge is 0.184 e. The first-order valence-corrected chi connectivity index (χ1v) is 5.63. The van der Waals surface area contributed by atoms with Gasteiger partial charge in [0.2, 0.25) is 0 Å². The minimum Gasteiger partial charge on any atom is -0.508 e. The number of hydrogen-bond acceptors (Lipinski definition) is 4. The van der Waals surface area contributed by atoms with Gasteiger partial charge in [-0.15, -0.1) is 11.3 Å². The molecule has 5 heteroatoms. The van der Waals surface area contributed by atoms with Crippen LogP contribution in [0.5, 0.6) is 5.75 Å². The van der Waals surface area contributed by atoms with Gasteiger partial charge in [0, 0.05) is 17.5 Å². The van der Waals surface area contributed by atoms with Crippen molar-refractivity contribution >= 4 is 28.1 Å². The minimum absolute atomic E-state index is 0.285. The fourth-order valence-electron chi connectivity index (χ4n) is 1.17. The number of aromatic hydroxyl groups is 1. The molecule has 2 N–H and O–H groups in total. The summed E-state index contributed by atoms with van der Waals surface area (Å²) in [6.45, 7) is 0.538. The van der Waals surface area contributed by atoms with Gasteiger partial charge in [-0.25, -0.2) is 4.98 Å². The molecule has 0 amide bonds. The van der Waals surface area contributed by atoms with Crippen LogP contribution in [0.4, 0.5) is 5.13 Å². The van der Waals surface area contributed by atoms with E-state index < -0.39 is 0 Å². The lowest BCUT2D eigenvalue weighted by Gasteiger charge is -2.04. The van der Waals surface area contributed by atoms with Crippen molar-refractivity contribution in [3.63, 3.8) is 0 Å². The molecule has 78 valence electrons. The van der Waals surface area contributed by atoms with Crippen LogP contribution < -0.4 is 5.32 Å². The monoisotopic (exact) mass is 240 g/mol. The summed E-state index contributed by atoms with van der Waals surface area (Å²) in [4.78, 5) is 4.05. The van der Waals surface area contributed by atoms with Gasteiger partial charge in [-0.2, -0.15) is 0 Å². The Balaban J connectivity index is 2.02. The van der Waals surface area contributed by atoms with Gasteiger partial charge in [0.15, 0.2) is 5.13 Å². The molecule has 2 aromatic rings. The van der Waals surface area contributed by atoms with Gasteiger partial charge in [0.1, 0.15) is 10.9 Å². The first kappa shape index (κ1) is 10.3. The Hall–Kier alpha value is -1.26. The van der Waals surface area contributed by atoms with Gasteiger partial charge in [-0.3, -0.25) is 0 Å². The maximum absolute atomic E-state index is 9.51. The molecule has 15 heavy (non-hydrogen) atoms. The van der Waals surface area contributed by atoms with E-state index in [0.717, 1.165) is 10.7 Å². The van der Waals surface area contributed by atoms with Crippen LogP contribution in [0.15, 0.2) is 29.6 Å². The summed E-state index contributed by atoms with van der Waals surface area (Å²) in [7, 11) is 0. The average molecular weight is 241 g/mol. The molecule has 0 aliphatic carbocycles. The highest BCUT2D eigenvalue weighted by molar-refractivity contribution is 7.14. The van der Waals surface area contributed by atoms with E-state index in [9.17, 15) is 5.11 Å². The average Bonchev–Trinajstić information content (AvgIpc) is 2.63. The number of phenols is 1. The maximum atomic E-state index is 9.51. The normalized spacial score (nSPS) is 10.2. The minimum atomic E-state index is 0.285. The van der Waals surface area contributed by atoms with Crippen LogP contribution in [0.3, 0.4) is 0 Å². The number of thiazole rings is 1. The van der Waals surface area contributed by atoms with Gasteiger partial charge < -0.3 is 10.4 Å². The SMILES string of the molecule is Oc1ccccc1CNc1nc(Cl)cs1. The summed E-state index contributed by atoms with van der Waals surface area (Å²) < 4.78 is 0. The first-order chi connectivity index (χ1) is 7.25. The molecule has 2 rings (SSSR count). The maximum Gasteiger partial charge on any atom is 0.184 e. The first-order valence-electron chi connectivity index (χ1n) is 4.37. The Labute approximate surface area is 96.4 Å². The molecule has 1 heterocycles. The van der Waals surface area contributed by atoms with Gasteiger partial charge in [0.25, 0.3) is 0 Å². The molecular weight excluding hydrogens is 232 g/mol. The number of benzene rings is 1. The number of aromatic nitrogens is 1. The summed E-state index contributed by atoms with van der Waals surface area (Å²) in [5.41, 5.74) is 0.837. The predicted octanol–water partition coefficient (Wildman–Crippen LogP) is 3.11. The summed E-state index contributed by atoms with van der Waals surface area (Å²) in [6, 6.07) is 7.19. The second-order valence-corrected chi connectivity index (χ2v) is 4.20. The molecule has 0 aliphatic rings. The Morgan fingerprint density at radius 1 is 1.40 bits per heavy atom. The third-order valence-corrected chi connectivity index (χ3v) is 3.02. The van der Waals surface area contributed by atoms with Crippen molar-refractivity contribution in [1.29, 1.82) is 0 Å². The molecule has 0 unspecified atom stereocenters. The number of halogens is 1. The highest BCUT2D eigenvalue weighted by Gasteiger charge is 2.01. The van der Waals surface area contributed by atoms with Crippen molar-refractivity contribution in [2.75, 3.05) is 5.32 Å². The van der Waals surface area contributed by atoms with Crippen LogP contribution in [0.1, 0.15) is 5.56 Å². The van der Waals surface area contributed by atoms with E-state index in [1.54, 1.807) is 17.5 Å². The van der Waals surface area contributed by atoms with E-state index in [0.29, 0.717) is 11.7 Å². The van der Waals surface area contributed by atoms with Gasteiger partial charge in [-0.1, -0.05) is 29.8 Å². The number of phenolic OH excluding ortho intramolecular Hbond substituents is 1. The van der Waals surface area contributed by atoms with E-state index >= 15 is 0 Å². The second-order valence-electron chi connectivity index (χ2n) is 2.96. The number of hydrogen-bond donors (Lipinski definition) is 2. The zero-order valence-electron chi connectivity index (χ0n) is 7.77. The standard InChI is InChI=1S/C10H9ClN2OS/c11-9-6-15-10(13-9)12-5-7-3-1-2-4-8(7)14/h1-4,6,14H,5H2,(H,12,13). The molecule has 0 atom stereocenters. The van der Waals surface area contributed by atoms with Crippen molar-refractivity contribution in [2.24, 2.45) is 0 Å². The van der Waals surface area contributed by atoms with Crippen LogP contribution in [0, 0.1) is 0 Å². The lowest BCUT2D eigenvalue weighted by Crippen LogP contribution is -1.98. The summed E-state index contributed by atoms with van der Waals surface area (Å²) in [5.74, 6) is 0.285. The van der Waals surface area contributed by atoms with Gasteiger partial charge >= 0.3 is 0 Å². The van der Waals surface area contributed by atoms with E-state index in [4.69, 9.17) is 11.6 Å². The van der Waals surface area contributed by atoms with Gasteiger partial charge in [-0.05, 0) is 6.07 Å². The highest BCUT2D eigenvalue weighted by atomic mass is 35.5. The number of nitrogens with one attached hydrogen (secondary N) is 1.